The second kappa shape index (κ2) is 7.99. The standard InChI is InChI=1S/C18H26N2O3/c1-18(2,3)23-17(21)20-12-7-10-16(11-13-20)19-22-14-15-8-5-4-6-9-15/h4-6,8-9H,7,10-14H2,1-3H3/b19-16-. The molecule has 0 bridgehead atoms. The van der Waals surface area contributed by atoms with Crippen molar-refractivity contribution in [2.24, 2.45) is 5.16 Å². The van der Waals surface area contributed by atoms with E-state index in [1.807, 2.05) is 51.1 Å². The fraction of sp³-hybridized carbons (Fsp3) is 0.556. The third-order valence-electron chi connectivity index (χ3n) is 3.48. The van der Waals surface area contributed by atoms with E-state index in [1.54, 1.807) is 4.90 Å². The fourth-order valence-corrected chi connectivity index (χ4v) is 2.35. The van der Waals surface area contributed by atoms with Gasteiger partial charge in [0.1, 0.15) is 12.2 Å². The van der Waals surface area contributed by atoms with Crippen molar-refractivity contribution in [3.05, 3.63) is 35.9 Å². The average molecular weight is 318 g/mol. The van der Waals surface area contributed by atoms with E-state index >= 15 is 0 Å². The van der Waals surface area contributed by atoms with E-state index in [0.717, 1.165) is 30.5 Å². The normalized spacial score (nSPS) is 17.7. The molecule has 1 saturated heterocycles. The Balaban J connectivity index is 1.81. The number of ether oxygens (including phenoxy) is 1. The minimum absolute atomic E-state index is 0.246. The third-order valence-corrected chi connectivity index (χ3v) is 3.48. The Hall–Kier alpha value is -2.04. The van der Waals surface area contributed by atoms with Crippen molar-refractivity contribution in [1.29, 1.82) is 0 Å². The van der Waals surface area contributed by atoms with Gasteiger partial charge in [0.25, 0.3) is 0 Å². The third kappa shape index (κ3) is 6.30. The van der Waals surface area contributed by atoms with E-state index in [0.29, 0.717) is 19.7 Å². The number of carbonyl (C=O) groups is 1. The molecule has 2 rings (SSSR count). The molecule has 23 heavy (non-hydrogen) atoms. The zero-order chi connectivity index (χ0) is 16.7. The summed E-state index contributed by atoms with van der Waals surface area (Å²) in [5, 5.41) is 4.24. The van der Waals surface area contributed by atoms with Gasteiger partial charge in [-0.3, -0.25) is 0 Å². The van der Waals surface area contributed by atoms with Crippen molar-refractivity contribution in [2.75, 3.05) is 13.1 Å². The van der Waals surface area contributed by atoms with Crippen molar-refractivity contribution in [3.63, 3.8) is 0 Å². The summed E-state index contributed by atoms with van der Waals surface area (Å²) in [6.45, 7) is 7.45. The highest BCUT2D eigenvalue weighted by Crippen LogP contribution is 2.14. The number of nitrogens with zero attached hydrogens (tertiary/aromatic N) is 2. The predicted octanol–water partition coefficient (Wildman–Crippen LogP) is 3.98. The molecule has 1 aromatic carbocycles. The van der Waals surface area contributed by atoms with E-state index in [4.69, 9.17) is 9.57 Å². The van der Waals surface area contributed by atoms with Crippen LogP contribution in [0, 0.1) is 0 Å². The molecule has 5 heteroatoms. The Morgan fingerprint density at radius 1 is 1.17 bits per heavy atom. The number of benzene rings is 1. The summed E-state index contributed by atoms with van der Waals surface area (Å²) in [5.41, 5.74) is 1.65. The van der Waals surface area contributed by atoms with E-state index in [1.165, 1.54) is 0 Å². The molecule has 1 fully saturated rings. The first-order chi connectivity index (χ1) is 10.9. The first kappa shape index (κ1) is 17.3. The van der Waals surface area contributed by atoms with Crippen LogP contribution in [-0.4, -0.2) is 35.4 Å². The van der Waals surface area contributed by atoms with Crippen molar-refractivity contribution in [2.45, 2.75) is 52.2 Å². The van der Waals surface area contributed by atoms with E-state index in [2.05, 4.69) is 5.16 Å². The Kier molecular flexibility index (Phi) is 6.02. The molecule has 0 radical (unpaired) electrons. The minimum atomic E-state index is -0.459. The second-order valence-corrected chi connectivity index (χ2v) is 6.74. The molecule has 0 unspecified atom stereocenters. The smallest absolute Gasteiger partial charge is 0.410 e. The van der Waals surface area contributed by atoms with Gasteiger partial charge >= 0.3 is 6.09 Å². The van der Waals surface area contributed by atoms with Crippen molar-refractivity contribution in [1.82, 2.24) is 4.90 Å². The summed E-state index contributed by atoms with van der Waals surface area (Å²) < 4.78 is 5.42. The molecule has 1 heterocycles. The summed E-state index contributed by atoms with van der Waals surface area (Å²) in [5.74, 6) is 0. The van der Waals surface area contributed by atoms with Gasteiger partial charge in [0.05, 0.1) is 5.71 Å². The Morgan fingerprint density at radius 2 is 1.91 bits per heavy atom. The largest absolute Gasteiger partial charge is 0.444 e. The summed E-state index contributed by atoms with van der Waals surface area (Å²) in [6.07, 6.45) is 2.22. The Labute approximate surface area is 138 Å². The van der Waals surface area contributed by atoms with Crippen LogP contribution in [0.4, 0.5) is 4.79 Å². The molecule has 0 aliphatic carbocycles. The zero-order valence-electron chi connectivity index (χ0n) is 14.2. The lowest BCUT2D eigenvalue weighted by Gasteiger charge is -2.26. The zero-order valence-corrected chi connectivity index (χ0v) is 14.2. The van der Waals surface area contributed by atoms with Gasteiger partial charge in [0.15, 0.2) is 0 Å². The molecule has 1 aliphatic heterocycles. The molecule has 0 aromatic heterocycles. The fourth-order valence-electron chi connectivity index (χ4n) is 2.35. The van der Waals surface area contributed by atoms with E-state index in [-0.39, 0.29) is 6.09 Å². The topological polar surface area (TPSA) is 51.1 Å². The van der Waals surface area contributed by atoms with Gasteiger partial charge in [-0.15, -0.1) is 0 Å². The maximum absolute atomic E-state index is 12.1. The molecule has 0 saturated carbocycles. The van der Waals surface area contributed by atoms with Gasteiger partial charge in [-0.2, -0.15) is 0 Å². The molecular formula is C18H26N2O3. The van der Waals surface area contributed by atoms with E-state index < -0.39 is 5.60 Å². The quantitative estimate of drug-likeness (QED) is 0.792. The number of carbonyl (C=O) groups excluding carboxylic acids is 1. The van der Waals surface area contributed by atoms with Gasteiger partial charge in [-0.05, 0) is 39.2 Å². The molecule has 5 nitrogen and oxygen atoms in total. The molecular weight excluding hydrogens is 292 g/mol. The molecule has 1 amide bonds. The van der Waals surface area contributed by atoms with Gasteiger partial charge < -0.3 is 14.5 Å². The summed E-state index contributed by atoms with van der Waals surface area (Å²) in [7, 11) is 0. The lowest BCUT2D eigenvalue weighted by Crippen LogP contribution is -2.37. The lowest BCUT2D eigenvalue weighted by molar-refractivity contribution is 0.0259. The maximum atomic E-state index is 12.1. The SMILES string of the molecule is CC(C)(C)OC(=O)N1CCC/C(=N/OCc2ccccc2)CC1. The summed E-state index contributed by atoms with van der Waals surface area (Å²) in [4.78, 5) is 19.3. The number of hydrogen-bond donors (Lipinski definition) is 0. The molecule has 126 valence electrons. The maximum Gasteiger partial charge on any atom is 0.410 e. The van der Waals surface area contributed by atoms with Crippen LogP contribution in [0.3, 0.4) is 0 Å². The number of amides is 1. The first-order valence-corrected chi connectivity index (χ1v) is 8.13. The van der Waals surface area contributed by atoms with Crippen molar-refractivity contribution < 1.29 is 14.4 Å². The van der Waals surface area contributed by atoms with Crippen LogP contribution in [-0.2, 0) is 16.2 Å². The Bertz CT molecular complexity index is 535. The molecule has 0 atom stereocenters. The molecule has 1 aliphatic rings. The number of likely N-dealkylation sites (tertiary alicyclic amines) is 1. The summed E-state index contributed by atoms with van der Waals surface area (Å²) >= 11 is 0. The van der Waals surface area contributed by atoms with Gasteiger partial charge in [0, 0.05) is 19.5 Å². The van der Waals surface area contributed by atoms with Gasteiger partial charge in [-0.1, -0.05) is 35.5 Å². The van der Waals surface area contributed by atoms with Gasteiger partial charge in [0.2, 0.25) is 0 Å². The number of oxime groups is 1. The van der Waals surface area contributed by atoms with Crippen LogP contribution in [0.15, 0.2) is 35.5 Å². The summed E-state index contributed by atoms with van der Waals surface area (Å²) in [6, 6.07) is 9.97. The van der Waals surface area contributed by atoms with Crippen molar-refractivity contribution in [3.8, 4) is 0 Å². The van der Waals surface area contributed by atoms with Crippen molar-refractivity contribution >= 4 is 11.8 Å². The number of hydrogen-bond acceptors (Lipinski definition) is 4. The van der Waals surface area contributed by atoms with Crippen LogP contribution >= 0.6 is 0 Å². The molecule has 1 aromatic rings. The molecule has 0 spiro atoms. The van der Waals surface area contributed by atoms with Crippen LogP contribution < -0.4 is 0 Å². The Morgan fingerprint density at radius 3 is 2.61 bits per heavy atom. The van der Waals surface area contributed by atoms with Gasteiger partial charge in [-0.25, -0.2) is 4.79 Å². The van der Waals surface area contributed by atoms with Crippen LogP contribution in [0.2, 0.25) is 0 Å². The highest BCUT2D eigenvalue weighted by molar-refractivity contribution is 5.85. The number of rotatable bonds is 3. The average Bonchev–Trinajstić information content (AvgIpc) is 2.72. The lowest BCUT2D eigenvalue weighted by atomic mass is 10.2. The van der Waals surface area contributed by atoms with E-state index in [9.17, 15) is 4.79 Å². The predicted molar refractivity (Wildman–Crippen MR) is 90.3 cm³/mol. The van der Waals surface area contributed by atoms with Crippen LogP contribution in [0.5, 0.6) is 0 Å². The second-order valence-electron chi connectivity index (χ2n) is 6.74. The van der Waals surface area contributed by atoms with Crippen LogP contribution in [0.1, 0.15) is 45.6 Å². The minimum Gasteiger partial charge on any atom is -0.444 e. The first-order valence-electron chi connectivity index (χ1n) is 8.13. The highest BCUT2D eigenvalue weighted by atomic mass is 16.6. The van der Waals surface area contributed by atoms with Crippen LogP contribution in [0.25, 0.3) is 0 Å². The molecule has 0 N–H and O–H groups in total. The monoisotopic (exact) mass is 318 g/mol. The highest BCUT2D eigenvalue weighted by Gasteiger charge is 2.24.